The number of nitrogens with one attached hydrogen (secondary N) is 1. The Morgan fingerprint density at radius 2 is 1.90 bits per heavy atom. The number of hydrogen-bond donors (Lipinski definition) is 1. The number of nitrogens with zero attached hydrogens (tertiary/aromatic N) is 4. The second-order valence-electron chi connectivity index (χ2n) is 7.32. The summed E-state index contributed by atoms with van der Waals surface area (Å²) in [5.41, 5.74) is 6.36. The molecule has 5 aromatic rings. The van der Waals surface area contributed by atoms with Crippen molar-refractivity contribution in [3.05, 3.63) is 77.3 Å². The third-order valence-corrected chi connectivity index (χ3v) is 6.21. The van der Waals surface area contributed by atoms with E-state index >= 15 is 0 Å². The number of H-pyrrole nitrogens is 1. The molecule has 7 heteroatoms. The van der Waals surface area contributed by atoms with Crippen molar-refractivity contribution in [2.75, 3.05) is 0 Å². The molecule has 3 aromatic heterocycles. The van der Waals surface area contributed by atoms with Crippen molar-refractivity contribution >= 4 is 22.7 Å². The van der Waals surface area contributed by atoms with Crippen LogP contribution in [0.4, 0.5) is 0 Å². The van der Waals surface area contributed by atoms with Crippen molar-refractivity contribution in [1.29, 1.82) is 0 Å². The van der Waals surface area contributed by atoms with E-state index < -0.39 is 0 Å². The van der Waals surface area contributed by atoms with Crippen molar-refractivity contribution in [3.8, 4) is 17.1 Å². The summed E-state index contributed by atoms with van der Waals surface area (Å²) in [5.74, 6) is 2.39. The molecule has 30 heavy (non-hydrogen) atoms. The quantitative estimate of drug-likeness (QED) is 0.377. The van der Waals surface area contributed by atoms with Crippen LogP contribution in [0.15, 0.2) is 64.4 Å². The summed E-state index contributed by atoms with van der Waals surface area (Å²) in [6.45, 7) is 6.00. The van der Waals surface area contributed by atoms with Gasteiger partial charge in [0, 0.05) is 39.7 Å². The van der Waals surface area contributed by atoms with Gasteiger partial charge in [-0.3, -0.25) is 4.57 Å². The molecular formula is C23H21N5OS. The van der Waals surface area contributed by atoms with Crippen LogP contribution >= 0.6 is 11.8 Å². The molecule has 0 aliphatic rings. The Balaban J connectivity index is 1.63. The standard InChI is InChI=1S/C23H21N5OS/c1-14-7-6-8-17(11-14)28-22(19-12-24-21-10-5-4-9-18(19)21)25-26-23(28)30-13-20-15(2)27-29-16(20)3/h4-12,24H,13H2,1-3H3. The lowest BCUT2D eigenvalue weighted by molar-refractivity contribution is 0.392. The summed E-state index contributed by atoms with van der Waals surface area (Å²) in [4.78, 5) is 3.35. The van der Waals surface area contributed by atoms with Gasteiger partial charge in [-0.25, -0.2) is 0 Å². The minimum atomic E-state index is 0.721. The number of aromatic amines is 1. The second kappa shape index (κ2) is 7.50. The van der Waals surface area contributed by atoms with Crippen LogP contribution in [0.3, 0.4) is 0 Å². The molecule has 0 amide bonds. The van der Waals surface area contributed by atoms with Crippen molar-refractivity contribution in [2.45, 2.75) is 31.7 Å². The lowest BCUT2D eigenvalue weighted by atomic mass is 10.1. The third kappa shape index (κ3) is 3.21. The average Bonchev–Trinajstić information content (AvgIpc) is 3.43. The van der Waals surface area contributed by atoms with Crippen LogP contribution in [-0.2, 0) is 5.75 Å². The summed E-state index contributed by atoms with van der Waals surface area (Å²) in [6.07, 6.45) is 2.00. The zero-order chi connectivity index (χ0) is 20.7. The van der Waals surface area contributed by atoms with E-state index in [1.807, 2.05) is 32.2 Å². The molecule has 0 aliphatic carbocycles. The highest BCUT2D eigenvalue weighted by Gasteiger charge is 2.20. The maximum atomic E-state index is 5.32. The molecule has 2 aromatic carbocycles. The fourth-order valence-corrected chi connectivity index (χ4v) is 4.74. The first-order chi connectivity index (χ1) is 14.6. The number of fused-ring (bicyclic) bond motifs is 1. The molecule has 0 bridgehead atoms. The van der Waals surface area contributed by atoms with Gasteiger partial charge in [-0.15, -0.1) is 10.2 Å². The topological polar surface area (TPSA) is 72.5 Å². The molecule has 150 valence electrons. The number of aryl methyl sites for hydroxylation is 3. The van der Waals surface area contributed by atoms with E-state index in [1.54, 1.807) is 11.8 Å². The highest BCUT2D eigenvalue weighted by molar-refractivity contribution is 7.98. The zero-order valence-corrected chi connectivity index (χ0v) is 17.8. The lowest BCUT2D eigenvalue weighted by Crippen LogP contribution is -2.00. The van der Waals surface area contributed by atoms with Gasteiger partial charge in [0.2, 0.25) is 0 Å². The van der Waals surface area contributed by atoms with Gasteiger partial charge < -0.3 is 9.51 Å². The Labute approximate surface area is 178 Å². The SMILES string of the molecule is Cc1cccc(-n2c(SCc3c(C)noc3C)nnc2-c2c[nH]c3ccccc23)c1. The smallest absolute Gasteiger partial charge is 0.196 e. The number of hydrogen-bond acceptors (Lipinski definition) is 5. The first kappa shape index (κ1) is 18.7. The van der Waals surface area contributed by atoms with E-state index in [1.165, 1.54) is 5.56 Å². The number of aromatic nitrogens is 5. The zero-order valence-electron chi connectivity index (χ0n) is 17.0. The largest absolute Gasteiger partial charge is 0.361 e. The lowest BCUT2D eigenvalue weighted by Gasteiger charge is -2.11. The summed E-state index contributed by atoms with van der Waals surface area (Å²) in [7, 11) is 0. The molecule has 6 nitrogen and oxygen atoms in total. The number of rotatable bonds is 5. The van der Waals surface area contributed by atoms with Gasteiger partial charge in [0.05, 0.1) is 5.69 Å². The monoisotopic (exact) mass is 415 g/mol. The number of thioether (sulfide) groups is 1. The molecule has 0 unspecified atom stereocenters. The van der Waals surface area contributed by atoms with Crippen molar-refractivity contribution in [1.82, 2.24) is 24.9 Å². The fraction of sp³-hybridized carbons (Fsp3) is 0.174. The number of para-hydroxylation sites is 1. The van der Waals surface area contributed by atoms with Crippen LogP contribution in [0.2, 0.25) is 0 Å². The molecule has 0 spiro atoms. The maximum absolute atomic E-state index is 5.32. The first-order valence-corrected chi connectivity index (χ1v) is 10.7. The molecule has 1 N–H and O–H groups in total. The van der Waals surface area contributed by atoms with Gasteiger partial charge in [-0.05, 0) is 44.5 Å². The third-order valence-electron chi connectivity index (χ3n) is 5.25. The van der Waals surface area contributed by atoms with E-state index in [0.29, 0.717) is 0 Å². The van der Waals surface area contributed by atoms with Crippen LogP contribution in [0.1, 0.15) is 22.6 Å². The predicted molar refractivity (Wildman–Crippen MR) is 119 cm³/mol. The van der Waals surface area contributed by atoms with Crippen molar-refractivity contribution in [2.24, 2.45) is 0 Å². The molecule has 0 aliphatic heterocycles. The van der Waals surface area contributed by atoms with Crippen LogP contribution in [-0.4, -0.2) is 24.9 Å². The summed E-state index contributed by atoms with van der Waals surface area (Å²) in [6, 6.07) is 16.6. The predicted octanol–water partition coefficient (Wildman–Crippen LogP) is 5.62. The minimum Gasteiger partial charge on any atom is -0.361 e. The van der Waals surface area contributed by atoms with Crippen molar-refractivity contribution in [3.63, 3.8) is 0 Å². The number of benzene rings is 2. The first-order valence-electron chi connectivity index (χ1n) is 9.75. The van der Waals surface area contributed by atoms with Gasteiger partial charge in [-0.1, -0.05) is 47.3 Å². The fourth-order valence-electron chi connectivity index (χ4n) is 3.64. The summed E-state index contributed by atoms with van der Waals surface area (Å²) in [5, 5.41) is 15.2. The van der Waals surface area contributed by atoms with Crippen molar-refractivity contribution < 1.29 is 4.52 Å². The van der Waals surface area contributed by atoms with Gasteiger partial charge in [0.25, 0.3) is 0 Å². The van der Waals surface area contributed by atoms with Gasteiger partial charge in [-0.2, -0.15) is 0 Å². The Kier molecular flexibility index (Phi) is 4.67. The highest BCUT2D eigenvalue weighted by atomic mass is 32.2. The minimum absolute atomic E-state index is 0.721. The normalized spacial score (nSPS) is 11.4. The van der Waals surface area contributed by atoms with E-state index in [0.717, 1.165) is 55.9 Å². The molecule has 0 radical (unpaired) electrons. The molecule has 0 atom stereocenters. The van der Waals surface area contributed by atoms with Gasteiger partial charge >= 0.3 is 0 Å². The molecule has 0 saturated heterocycles. The second-order valence-corrected chi connectivity index (χ2v) is 8.26. The summed E-state index contributed by atoms with van der Waals surface area (Å²) < 4.78 is 7.45. The van der Waals surface area contributed by atoms with Crippen LogP contribution in [0, 0.1) is 20.8 Å². The Morgan fingerprint density at radius 1 is 1.03 bits per heavy atom. The molecular weight excluding hydrogens is 394 g/mol. The molecule has 0 fully saturated rings. The van der Waals surface area contributed by atoms with Crippen LogP contribution in [0.25, 0.3) is 28.0 Å². The van der Waals surface area contributed by atoms with Gasteiger partial charge in [0.1, 0.15) is 5.76 Å². The van der Waals surface area contributed by atoms with Crippen LogP contribution < -0.4 is 0 Å². The average molecular weight is 416 g/mol. The van der Waals surface area contributed by atoms with E-state index in [4.69, 9.17) is 4.52 Å². The van der Waals surface area contributed by atoms with Crippen LogP contribution in [0.5, 0.6) is 0 Å². The molecule has 0 saturated carbocycles. The maximum Gasteiger partial charge on any atom is 0.196 e. The van der Waals surface area contributed by atoms with E-state index in [9.17, 15) is 0 Å². The Hall–Kier alpha value is -3.32. The molecule has 5 rings (SSSR count). The van der Waals surface area contributed by atoms with E-state index in [-0.39, 0.29) is 0 Å². The Morgan fingerprint density at radius 3 is 2.70 bits per heavy atom. The van der Waals surface area contributed by atoms with Gasteiger partial charge in [0.15, 0.2) is 11.0 Å². The van der Waals surface area contributed by atoms with E-state index in [2.05, 4.69) is 68.2 Å². The summed E-state index contributed by atoms with van der Waals surface area (Å²) >= 11 is 1.64. The highest BCUT2D eigenvalue weighted by Crippen LogP contribution is 2.34. The Bertz CT molecular complexity index is 1330. The molecule has 3 heterocycles.